The summed E-state index contributed by atoms with van der Waals surface area (Å²) in [5, 5.41) is 11.4. The predicted molar refractivity (Wildman–Crippen MR) is 134 cm³/mol. The van der Waals surface area contributed by atoms with Gasteiger partial charge in [-0.15, -0.1) is 0 Å². The van der Waals surface area contributed by atoms with Crippen LogP contribution < -0.4 is 22.5 Å². The third-order valence-corrected chi connectivity index (χ3v) is 8.13. The van der Waals surface area contributed by atoms with Crippen LogP contribution in [0.2, 0.25) is 0 Å². The Morgan fingerprint density at radius 2 is 1.76 bits per heavy atom. The summed E-state index contributed by atoms with van der Waals surface area (Å²) in [5.74, 6) is -0.700. The summed E-state index contributed by atoms with van der Waals surface area (Å²) in [5.41, 5.74) is 19.6. The van der Waals surface area contributed by atoms with E-state index in [0.717, 1.165) is 25.7 Å². The first-order chi connectivity index (χ1) is 16.2. The second kappa shape index (κ2) is 9.47. The third kappa shape index (κ3) is 4.78. The van der Waals surface area contributed by atoms with E-state index in [-0.39, 0.29) is 52.4 Å². The molecule has 1 aliphatic rings. The maximum atomic E-state index is 13.4. The molecule has 0 radical (unpaired) electrons. The Morgan fingerprint density at radius 3 is 2.41 bits per heavy atom. The van der Waals surface area contributed by atoms with E-state index in [9.17, 15) is 13.2 Å². The van der Waals surface area contributed by atoms with Gasteiger partial charge in [0.25, 0.3) is 5.91 Å². The number of amides is 1. The molecule has 4 rings (SSSR count). The van der Waals surface area contributed by atoms with E-state index in [0.29, 0.717) is 16.5 Å². The Balaban J connectivity index is 1.72. The zero-order chi connectivity index (χ0) is 24.5. The fourth-order valence-electron chi connectivity index (χ4n) is 4.50. The lowest BCUT2D eigenvalue weighted by molar-refractivity contribution is 0.0918. The molecular formula is C24H30N6O3S. The van der Waals surface area contributed by atoms with Crippen molar-refractivity contribution in [2.75, 3.05) is 11.5 Å². The standard InChI is InChI=1S/C24H30N6O3S/c25-16-7-9-17(10-8-16)29-24(31)22-21(26)19-11-6-15(23(27)28)14-20(19)30(22)12-13-34(32,33)18-4-2-1-3-5-18/h1-6,11,14,16-17H,7-10,12-13,25-26H2,(H3,27,28)(H,29,31)/t16-,17-. The Labute approximate surface area is 198 Å². The number of carbonyl (C=O) groups excluding carboxylic acids is 1. The molecule has 1 aromatic heterocycles. The minimum Gasteiger partial charge on any atom is -0.396 e. The molecule has 3 aromatic rings. The summed E-state index contributed by atoms with van der Waals surface area (Å²) in [4.78, 5) is 13.6. The van der Waals surface area contributed by atoms with Crippen LogP contribution in [-0.2, 0) is 16.4 Å². The van der Waals surface area contributed by atoms with Crippen LogP contribution in [0.15, 0.2) is 53.4 Å². The zero-order valence-corrected chi connectivity index (χ0v) is 19.6. The van der Waals surface area contributed by atoms with Gasteiger partial charge in [-0.25, -0.2) is 8.42 Å². The van der Waals surface area contributed by atoms with Gasteiger partial charge in [0.05, 0.1) is 21.9 Å². The predicted octanol–water partition coefficient (Wildman–Crippen LogP) is 1.98. The van der Waals surface area contributed by atoms with Crippen LogP contribution in [0.5, 0.6) is 0 Å². The second-order valence-corrected chi connectivity index (χ2v) is 10.9. The smallest absolute Gasteiger partial charge is 0.270 e. The molecule has 0 bridgehead atoms. The molecule has 34 heavy (non-hydrogen) atoms. The molecule has 2 aromatic carbocycles. The van der Waals surface area contributed by atoms with Crippen molar-refractivity contribution in [1.29, 1.82) is 5.41 Å². The van der Waals surface area contributed by atoms with Crippen molar-refractivity contribution < 1.29 is 13.2 Å². The van der Waals surface area contributed by atoms with Crippen LogP contribution in [-0.4, -0.2) is 42.6 Å². The van der Waals surface area contributed by atoms with E-state index in [2.05, 4.69) is 5.32 Å². The van der Waals surface area contributed by atoms with Crippen LogP contribution in [0.1, 0.15) is 41.7 Å². The number of fused-ring (bicyclic) bond motifs is 1. The number of amidine groups is 1. The van der Waals surface area contributed by atoms with Crippen molar-refractivity contribution in [2.24, 2.45) is 11.5 Å². The monoisotopic (exact) mass is 482 g/mol. The number of hydrogen-bond donors (Lipinski definition) is 5. The minimum absolute atomic E-state index is 0.0148. The summed E-state index contributed by atoms with van der Waals surface area (Å²) in [6.07, 6.45) is 3.23. The molecule has 0 atom stereocenters. The molecule has 1 amide bonds. The highest BCUT2D eigenvalue weighted by molar-refractivity contribution is 7.91. The summed E-state index contributed by atoms with van der Waals surface area (Å²) in [6, 6.07) is 13.4. The number of nitrogens with one attached hydrogen (secondary N) is 2. The number of nitrogens with two attached hydrogens (primary N) is 3. The van der Waals surface area contributed by atoms with Crippen LogP contribution in [0.25, 0.3) is 10.9 Å². The summed E-state index contributed by atoms with van der Waals surface area (Å²) >= 11 is 0. The molecule has 1 saturated carbocycles. The SMILES string of the molecule is N=C(N)c1ccc2c(N)c(C(=O)N[C@H]3CC[C@H](N)CC3)n(CCS(=O)(=O)c3ccccc3)c2c1. The van der Waals surface area contributed by atoms with Crippen molar-refractivity contribution in [3.05, 3.63) is 59.8 Å². The first-order valence-electron chi connectivity index (χ1n) is 11.3. The van der Waals surface area contributed by atoms with Crippen molar-refractivity contribution in [3.8, 4) is 0 Å². The largest absolute Gasteiger partial charge is 0.396 e. The highest BCUT2D eigenvalue weighted by atomic mass is 32.2. The first kappa shape index (κ1) is 23.8. The number of aryl methyl sites for hydroxylation is 1. The topological polar surface area (TPSA) is 170 Å². The fourth-order valence-corrected chi connectivity index (χ4v) is 5.73. The van der Waals surface area contributed by atoms with Crippen LogP contribution in [0, 0.1) is 5.41 Å². The second-order valence-electron chi connectivity index (χ2n) is 8.78. The number of carbonyl (C=O) groups is 1. The molecule has 0 aliphatic heterocycles. The summed E-state index contributed by atoms with van der Waals surface area (Å²) in [7, 11) is -3.59. The van der Waals surface area contributed by atoms with Gasteiger partial charge in [0.15, 0.2) is 9.84 Å². The Morgan fingerprint density at radius 1 is 1.09 bits per heavy atom. The fraction of sp³-hybridized carbons (Fsp3) is 0.333. The molecule has 180 valence electrons. The highest BCUT2D eigenvalue weighted by Gasteiger charge is 2.27. The van der Waals surface area contributed by atoms with E-state index in [4.69, 9.17) is 22.6 Å². The van der Waals surface area contributed by atoms with Crippen molar-refractivity contribution in [3.63, 3.8) is 0 Å². The van der Waals surface area contributed by atoms with E-state index in [1.807, 2.05) is 0 Å². The third-order valence-electron chi connectivity index (χ3n) is 6.42. The van der Waals surface area contributed by atoms with Crippen LogP contribution >= 0.6 is 0 Å². The average Bonchev–Trinajstić information content (AvgIpc) is 3.11. The maximum Gasteiger partial charge on any atom is 0.270 e. The zero-order valence-electron chi connectivity index (χ0n) is 18.8. The first-order valence-corrected chi connectivity index (χ1v) is 12.9. The number of rotatable bonds is 7. The molecule has 8 N–H and O–H groups in total. The summed E-state index contributed by atoms with van der Waals surface area (Å²) in [6.45, 7) is 0.0184. The quantitative estimate of drug-likeness (QED) is 0.255. The lowest BCUT2D eigenvalue weighted by atomic mass is 9.92. The van der Waals surface area contributed by atoms with Crippen molar-refractivity contribution in [2.45, 2.75) is 49.2 Å². The lowest BCUT2D eigenvalue weighted by Gasteiger charge is -2.27. The number of benzene rings is 2. The van der Waals surface area contributed by atoms with Crippen molar-refractivity contribution >= 4 is 38.2 Å². The number of nitrogen functional groups attached to an aromatic ring is 2. The Bertz CT molecular complexity index is 1330. The van der Waals surface area contributed by atoms with Gasteiger partial charge in [0.1, 0.15) is 11.5 Å². The minimum atomic E-state index is -3.59. The average molecular weight is 483 g/mol. The van der Waals surface area contributed by atoms with Gasteiger partial charge < -0.3 is 27.1 Å². The van der Waals surface area contributed by atoms with Crippen LogP contribution in [0.3, 0.4) is 0 Å². The van der Waals surface area contributed by atoms with E-state index in [1.54, 1.807) is 53.1 Å². The Hall–Kier alpha value is -3.37. The molecule has 0 unspecified atom stereocenters. The van der Waals surface area contributed by atoms with Gasteiger partial charge in [-0.3, -0.25) is 10.2 Å². The van der Waals surface area contributed by atoms with Gasteiger partial charge in [-0.05, 0) is 49.9 Å². The number of anilines is 1. The van der Waals surface area contributed by atoms with Crippen LogP contribution in [0.4, 0.5) is 5.69 Å². The number of sulfone groups is 1. The summed E-state index contributed by atoms with van der Waals surface area (Å²) < 4.78 is 27.5. The molecular weight excluding hydrogens is 452 g/mol. The normalized spacial score (nSPS) is 18.6. The van der Waals surface area contributed by atoms with Crippen molar-refractivity contribution in [1.82, 2.24) is 9.88 Å². The van der Waals surface area contributed by atoms with Gasteiger partial charge in [0.2, 0.25) is 0 Å². The van der Waals surface area contributed by atoms with E-state index in [1.165, 1.54) is 0 Å². The molecule has 1 fully saturated rings. The van der Waals surface area contributed by atoms with Gasteiger partial charge in [-0.1, -0.05) is 24.3 Å². The molecule has 10 heteroatoms. The van der Waals surface area contributed by atoms with E-state index < -0.39 is 9.84 Å². The highest BCUT2D eigenvalue weighted by Crippen LogP contribution is 2.30. The number of nitrogens with zero attached hydrogens (tertiary/aromatic N) is 1. The molecule has 0 spiro atoms. The molecule has 0 saturated heterocycles. The van der Waals surface area contributed by atoms with Gasteiger partial charge in [0, 0.05) is 29.6 Å². The van der Waals surface area contributed by atoms with Gasteiger partial charge >= 0.3 is 0 Å². The molecule has 1 aliphatic carbocycles. The Kier molecular flexibility index (Phi) is 6.63. The molecule has 9 nitrogen and oxygen atoms in total. The maximum absolute atomic E-state index is 13.4. The lowest BCUT2D eigenvalue weighted by Crippen LogP contribution is -2.41. The number of hydrogen-bond acceptors (Lipinski definition) is 6. The van der Waals surface area contributed by atoms with Gasteiger partial charge in [-0.2, -0.15) is 0 Å². The molecule has 1 heterocycles. The van der Waals surface area contributed by atoms with E-state index >= 15 is 0 Å². The number of aromatic nitrogens is 1.